The molecule has 1 saturated heterocycles. The van der Waals surface area contributed by atoms with Crippen LogP contribution < -0.4 is 27.8 Å². The van der Waals surface area contributed by atoms with E-state index >= 15 is 0 Å². The molecule has 194 valence electrons. The predicted octanol–water partition coefficient (Wildman–Crippen LogP) is -1.49. The molecule has 13 heteroatoms. The molecular weight excluding hydrogens is 464 g/mol. The zero-order valence-corrected chi connectivity index (χ0v) is 20.5. The van der Waals surface area contributed by atoms with Gasteiger partial charge in [0.2, 0.25) is 23.6 Å². The Bertz CT molecular complexity index is 724. The summed E-state index contributed by atoms with van der Waals surface area (Å²) in [7, 11) is 0. The second kappa shape index (κ2) is 15.5. The van der Waals surface area contributed by atoms with E-state index in [9.17, 15) is 29.1 Å². The molecule has 34 heavy (non-hydrogen) atoms. The highest BCUT2D eigenvalue weighted by molar-refractivity contribution is 7.98. The number of primary amides is 1. The summed E-state index contributed by atoms with van der Waals surface area (Å²) in [5, 5.41) is 14.4. The highest BCUT2D eigenvalue weighted by Crippen LogP contribution is 2.20. The number of carboxylic acid groups (broad SMARTS) is 1. The number of nitrogens with two attached hydrogens (primary N) is 3. The minimum atomic E-state index is -1.21. The first-order valence-electron chi connectivity index (χ1n) is 11.5. The van der Waals surface area contributed by atoms with E-state index in [-0.39, 0.29) is 25.2 Å². The number of unbranched alkanes of at least 4 members (excludes halogenated alkanes) is 1. The Morgan fingerprint density at radius 2 is 1.79 bits per heavy atom. The summed E-state index contributed by atoms with van der Waals surface area (Å²) in [5.41, 5.74) is 16.6. The van der Waals surface area contributed by atoms with Crippen molar-refractivity contribution in [1.29, 1.82) is 0 Å². The fourth-order valence-electron chi connectivity index (χ4n) is 3.73. The number of nitrogens with one attached hydrogen (secondary N) is 2. The number of carboxylic acids is 1. The van der Waals surface area contributed by atoms with Gasteiger partial charge in [-0.1, -0.05) is 0 Å². The van der Waals surface area contributed by atoms with Crippen LogP contribution in [0.15, 0.2) is 0 Å². The molecule has 0 spiro atoms. The lowest BCUT2D eigenvalue weighted by molar-refractivity contribution is -0.143. The van der Waals surface area contributed by atoms with Crippen molar-refractivity contribution < 1.29 is 29.1 Å². The Balaban J connectivity index is 2.89. The van der Waals surface area contributed by atoms with Gasteiger partial charge in [-0.25, -0.2) is 4.79 Å². The van der Waals surface area contributed by atoms with Gasteiger partial charge >= 0.3 is 5.97 Å². The number of carbonyl (C=O) groups excluding carboxylic acids is 4. The number of carbonyl (C=O) groups is 5. The zero-order valence-electron chi connectivity index (χ0n) is 19.7. The standard InChI is InChI=1S/C21H38N6O6S/c1-34-12-9-13(23)20(31)27-11-4-6-16(27)19(30)25-14(7-8-17(24)28)18(29)26-15(21(32)33)5-2-3-10-22/h13-16H,2-12,22-23H2,1H3,(H2,24,28)(H,25,30)(H,26,29)(H,32,33). The van der Waals surface area contributed by atoms with Gasteiger partial charge in [0, 0.05) is 13.0 Å². The largest absolute Gasteiger partial charge is 0.480 e. The minimum absolute atomic E-state index is 0.101. The van der Waals surface area contributed by atoms with Crippen LogP contribution in [0.1, 0.15) is 51.4 Å². The molecule has 0 bridgehead atoms. The van der Waals surface area contributed by atoms with Gasteiger partial charge in [-0.3, -0.25) is 19.2 Å². The number of rotatable bonds is 16. The van der Waals surface area contributed by atoms with Gasteiger partial charge in [0.05, 0.1) is 6.04 Å². The SMILES string of the molecule is CSCCC(N)C(=O)N1CCCC1C(=O)NC(CCC(N)=O)C(=O)NC(CCCCN)C(=O)O. The second-order valence-corrected chi connectivity index (χ2v) is 9.31. The summed E-state index contributed by atoms with van der Waals surface area (Å²) >= 11 is 1.57. The van der Waals surface area contributed by atoms with E-state index in [1.165, 1.54) is 4.90 Å². The topological polar surface area (TPSA) is 211 Å². The van der Waals surface area contributed by atoms with Crippen LogP contribution in [-0.4, -0.2) is 88.9 Å². The van der Waals surface area contributed by atoms with Gasteiger partial charge in [-0.2, -0.15) is 11.8 Å². The number of amides is 4. The Morgan fingerprint density at radius 1 is 1.09 bits per heavy atom. The third-order valence-corrected chi connectivity index (χ3v) is 6.31. The van der Waals surface area contributed by atoms with Crippen molar-refractivity contribution in [1.82, 2.24) is 15.5 Å². The highest BCUT2D eigenvalue weighted by atomic mass is 32.2. The minimum Gasteiger partial charge on any atom is -0.480 e. The third kappa shape index (κ3) is 9.85. The Kier molecular flexibility index (Phi) is 13.5. The molecule has 1 fully saturated rings. The van der Waals surface area contributed by atoms with Crippen LogP contribution in [0, 0.1) is 0 Å². The van der Waals surface area contributed by atoms with E-state index in [1.54, 1.807) is 11.8 Å². The summed E-state index contributed by atoms with van der Waals surface area (Å²) in [5.74, 6) is -2.77. The van der Waals surface area contributed by atoms with E-state index < -0.39 is 47.9 Å². The average Bonchev–Trinajstić information content (AvgIpc) is 3.28. The third-order valence-electron chi connectivity index (χ3n) is 5.66. The predicted molar refractivity (Wildman–Crippen MR) is 129 cm³/mol. The van der Waals surface area contributed by atoms with Gasteiger partial charge in [0.25, 0.3) is 0 Å². The van der Waals surface area contributed by atoms with Crippen LogP contribution in [0.2, 0.25) is 0 Å². The van der Waals surface area contributed by atoms with E-state index in [0.717, 1.165) is 0 Å². The lowest BCUT2D eigenvalue weighted by Crippen LogP contribution is -2.56. The summed E-state index contributed by atoms with van der Waals surface area (Å²) in [6.45, 7) is 0.777. The van der Waals surface area contributed by atoms with Crippen LogP contribution in [0.4, 0.5) is 0 Å². The van der Waals surface area contributed by atoms with Crippen LogP contribution in [-0.2, 0) is 24.0 Å². The van der Waals surface area contributed by atoms with Crippen molar-refractivity contribution in [2.45, 2.75) is 75.5 Å². The monoisotopic (exact) mass is 502 g/mol. The molecule has 0 radical (unpaired) electrons. The normalized spacial score (nSPS) is 18.1. The van der Waals surface area contributed by atoms with Gasteiger partial charge in [-0.05, 0) is 63.5 Å². The molecular formula is C21H38N6O6S. The number of thioether (sulfide) groups is 1. The molecule has 4 amide bonds. The lowest BCUT2D eigenvalue weighted by atomic mass is 10.1. The summed E-state index contributed by atoms with van der Waals surface area (Å²) in [6.07, 6.45) is 4.41. The van der Waals surface area contributed by atoms with Crippen molar-refractivity contribution in [3.8, 4) is 0 Å². The van der Waals surface area contributed by atoms with E-state index in [2.05, 4.69) is 10.6 Å². The molecule has 4 atom stereocenters. The first kappa shape index (κ1) is 29.7. The maximum absolute atomic E-state index is 13.0. The van der Waals surface area contributed by atoms with Gasteiger partial charge in [0.1, 0.15) is 18.1 Å². The number of hydrogen-bond acceptors (Lipinski definition) is 8. The van der Waals surface area contributed by atoms with Crippen LogP contribution >= 0.6 is 11.8 Å². The molecule has 0 aliphatic carbocycles. The summed E-state index contributed by atoms with van der Waals surface area (Å²) in [4.78, 5) is 62.8. The smallest absolute Gasteiger partial charge is 0.326 e. The van der Waals surface area contributed by atoms with Crippen molar-refractivity contribution in [3.63, 3.8) is 0 Å². The molecule has 0 saturated carbocycles. The van der Waals surface area contributed by atoms with Crippen molar-refractivity contribution in [2.24, 2.45) is 17.2 Å². The molecule has 12 nitrogen and oxygen atoms in total. The van der Waals surface area contributed by atoms with Crippen LogP contribution in [0.3, 0.4) is 0 Å². The maximum Gasteiger partial charge on any atom is 0.326 e. The maximum atomic E-state index is 13.0. The summed E-state index contributed by atoms with van der Waals surface area (Å²) < 4.78 is 0. The molecule has 1 aliphatic heterocycles. The number of aliphatic carboxylic acids is 1. The first-order chi connectivity index (χ1) is 16.1. The van der Waals surface area contributed by atoms with Crippen LogP contribution in [0.5, 0.6) is 0 Å². The average molecular weight is 503 g/mol. The molecule has 1 rings (SSSR count). The fraction of sp³-hybridized carbons (Fsp3) is 0.762. The Labute approximate surface area is 204 Å². The Morgan fingerprint density at radius 3 is 2.38 bits per heavy atom. The lowest BCUT2D eigenvalue weighted by Gasteiger charge is -2.28. The molecule has 0 aromatic rings. The Hall–Kier alpha value is -2.38. The number of likely N-dealkylation sites (tertiary alicyclic amines) is 1. The van der Waals surface area contributed by atoms with E-state index in [1.807, 2.05) is 6.26 Å². The molecule has 0 aromatic heterocycles. The van der Waals surface area contributed by atoms with Crippen molar-refractivity contribution >= 4 is 41.4 Å². The molecule has 1 aliphatic rings. The van der Waals surface area contributed by atoms with Gasteiger partial charge in [-0.15, -0.1) is 0 Å². The highest BCUT2D eigenvalue weighted by Gasteiger charge is 2.37. The van der Waals surface area contributed by atoms with Crippen molar-refractivity contribution in [2.75, 3.05) is 25.1 Å². The number of hydrogen-bond donors (Lipinski definition) is 6. The van der Waals surface area contributed by atoms with Crippen molar-refractivity contribution in [3.05, 3.63) is 0 Å². The van der Waals surface area contributed by atoms with E-state index in [0.29, 0.717) is 50.9 Å². The molecule has 1 heterocycles. The zero-order chi connectivity index (χ0) is 25.7. The quantitative estimate of drug-likeness (QED) is 0.135. The van der Waals surface area contributed by atoms with Gasteiger partial charge < -0.3 is 37.8 Å². The first-order valence-corrected chi connectivity index (χ1v) is 12.9. The molecule has 0 aromatic carbocycles. The fourth-order valence-corrected chi connectivity index (χ4v) is 4.22. The van der Waals surface area contributed by atoms with Crippen LogP contribution in [0.25, 0.3) is 0 Å². The molecule has 9 N–H and O–H groups in total. The molecule has 4 unspecified atom stereocenters. The van der Waals surface area contributed by atoms with Gasteiger partial charge in [0.15, 0.2) is 0 Å². The number of nitrogens with zero attached hydrogens (tertiary/aromatic N) is 1. The van der Waals surface area contributed by atoms with E-state index in [4.69, 9.17) is 17.2 Å². The second-order valence-electron chi connectivity index (χ2n) is 8.33. The summed E-state index contributed by atoms with van der Waals surface area (Å²) in [6, 6.07) is -3.86.